The van der Waals surface area contributed by atoms with Crippen molar-refractivity contribution in [2.24, 2.45) is 5.92 Å². The van der Waals surface area contributed by atoms with E-state index in [4.69, 9.17) is 4.74 Å². The van der Waals surface area contributed by atoms with Crippen LogP contribution in [0.5, 0.6) is 0 Å². The van der Waals surface area contributed by atoms with Crippen molar-refractivity contribution in [1.29, 1.82) is 0 Å². The van der Waals surface area contributed by atoms with Crippen LogP contribution in [0.15, 0.2) is 66.7 Å². The second kappa shape index (κ2) is 8.99. The fourth-order valence-corrected chi connectivity index (χ4v) is 6.05. The number of rotatable bonds is 6. The highest BCUT2D eigenvalue weighted by atomic mass is 19.1. The molecule has 3 fully saturated rings. The molecule has 1 aromatic heterocycles. The Morgan fingerprint density at radius 2 is 1.76 bits per heavy atom. The maximum absolute atomic E-state index is 14.5. The molecule has 3 heterocycles. The highest BCUT2D eigenvalue weighted by Gasteiger charge is 2.37. The first-order valence-electron chi connectivity index (χ1n) is 13.2. The largest absolute Gasteiger partial charge is 0.377 e. The molecule has 37 heavy (non-hydrogen) atoms. The van der Waals surface area contributed by atoms with Gasteiger partial charge in [-0.05, 0) is 68.0 Å². The van der Waals surface area contributed by atoms with Gasteiger partial charge >= 0.3 is 0 Å². The SMILES string of the molecule is O=C(N[C@@H](c1ccccc1F)C1CC1)c1ccc2[nH]nc(-c3ccc(N4[C@@H]5CC[C@H]4COC5)cc3)c2c1. The van der Waals surface area contributed by atoms with E-state index in [0.717, 1.165) is 48.2 Å². The lowest BCUT2D eigenvalue weighted by Crippen LogP contribution is -2.45. The van der Waals surface area contributed by atoms with Gasteiger partial charge in [0.15, 0.2) is 0 Å². The van der Waals surface area contributed by atoms with Gasteiger partial charge in [-0.15, -0.1) is 0 Å². The number of benzene rings is 3. The molecule has 7 rings (SSSR count). The molecule has 1 saturated carbocycles. The van der Waals surface area contributed by atoms with E-state index in [1.165, 1.54) is 24.6 Å². The molecule has 4 aromatic rings. The predicted molar refractivity (Wildman–Crippen MR) is 141 cm³/mol. The highest BCUT2D eigenvalue weighted by Crippen LogP contribution is 2.42. The summed E-state index contributed by atoms with van der Waals surface area (Å²) in [7, 11) is 0. The van der Waals surface area contributed by atoms with Gasteiger partial charge in [-0.2, -0.15) is 5.10 Å². The minimum atomic E-state index is -0.323. The number of H-pyrrole nitrogens is 1. The van der Waals surface area contributed by atoms with Crippen molar-refractivity contribution < 1.29 is 13.9 Å². The average molecular weight is 497 g/mol. The summed E-state index contributed by atoms with van der Waals surface area (Å²) in [5.74, 6) is -0.206. The zero-order chi connectivity index (χ0) is 24.9. The quantitative estimate of drug-likeness (QED) is 0.364. The Morgan fingerprint density at radius 3 is 2.49 bits per heavy atom. The number of amides is 1. The Kier molecular flexibility index (Phi) is 5.47. The van der Waals surface area contributed by atoms with Gasteiger partial charge in [0.2, 0.25) is 0 Å². The molecule has 2 saturated heterocycles. The average Bonchev–Trinajstić information content (AvgIpc) is 3.63. The van der Waals surface area contributed by atoms with E-state index in [9.17, 15) is 9.18 Å². The van der Waals surface area contributed by atoms with Gasteiger partial charge in [0.05, 0.1) is 42.5 Å². The van der Waals surface area contributed by atoms with Gasteiger partial charge in [-0.1, -0.05) is 30.3 Å². The van der Waals surface area contributed by atoms with Crippen LogP contribution >= 0.6 is 0 Å². The van der Waals surface area contributed by atoms with Crippen LogP contribution in [-0.2, 0) is 4.74 Å². The molecule has 0 radical (unpaired) electrons. The molecule has 1 aliphatic carbocycles. The molecule has 188 valence electrons. The Hall–Kier alpha value is -3.71. The molecular formula is C30H29FN4O2. The number of anilines is 1. The summed E-state index contributed by atoms with van der Waals surface area (Å²) in [6.45, 7) is 1.59. The van der Waals surface area contributed by atoms with Gasteiger partial charge < -0.3 is 15.0 Å². The summed E-state index contributed by atoms with van der Waals surface area (Å²) >= 11 is 0. The van der Waals surface area contributed by atoms with E-state index >= 15 is 0 Å². The lowest BCUT2D eigenvalue weighted by molar-refractivity contribution is 0.0906. The van der Waals surface area contributed by atoms with E-state index in [1.54, 1.807) is 18.2 Å². The molecular weight excluding hydrogens is 467 g/mol. The maximum Gasteiger partial charge on any atom is 0.251 e. The summed E-state index contributed by atoms with van der Waals surface area (Å²) in [6.07, 6.45) is 4.35. The highest BCUT2D eigenvalue weighted by molar-refractivity contribution is 6.01. The summed E-state index contributed by atoms with van der Waals surface area (Å²) in [4.78, 5) is 15.8. The summed E-state index contributed by atoms with van der Waals surface area (Å²) < 4.78 is 20.2. The molecule has 0 spiro atoms. The number of halogens is 1. The van der Waals surface area contributed by atoms with Crippen LogP contribution in [0.4, 0.5) is 10.1 Å². The van der Waals surface area contributed by atoms with Crippen LogP contribution in [0.2, 0.25) is 0 Å². The molecule has 1 amide bonds. The zero-order valence-corrected chi connectivity index (χ0v) is 20.5. The second-order valence-corrected chi connectivity index (χ2v) is 10.5. The van der Waals surface area contributed by atoms with Gasteiger partial charge in [0.25, 0.3) is 5.91 Å². The molecule has 7 heteroatoms. The van der Waals surface area contributed by atoms with E-state index < -0.39 is 0 Å². The van der Waals surface area contributed by atoms with E-state index in [-0.39, 0.29) is 23.7 Å². The Labute approximate surface area is 214 Å². The van der Waals surface area contributed by atoms with Crippen molar-refractivity contribution in [3.8, 4) is 11.3 Å². The number of aromatic amines is 1. The van der Waals surface area contributed by atoms with Crippen LogP contribution in [0.25, 0.3) is 22.2 Å². The monoisotopic (exact) mass is 496 g/mol. The van der Waals surface area contributed by atoms with Gasteiger partial charge in [0.1, 0.15) is 5.82 Å². The summed E-state index contributed by atoms with van der Waals surface area (Å²) in [6, 6.07) is 21.4. The number of hydrogen-bond donors (Lipinski definition) is 2. The third-order valence-electron chi connectivity index (χ3n) is 8.12. The van der Waals surface area contributed by atoms with Crippen LogP contribution in [0, 0.1) is 11.7 Å². The lowest BCUT2D eigenvalue weighted by Gasteiger charge is -2.36. The number of hydrogen-bond acceptors (Lipinski definition) is 4. The van der Waals surface area contributed by atoms with E-state index in [1.807, 2.05) is 18.2 Å². The van der Waals surface area contributed by atoms with E-state index in [0.29, 0.717) is 23.2 Å². The fourth-order valence-electron chi connectivity index (χ4n) is 6.05. The number of aromatic nitrogens is 2. The van der Waals surface area contributed by atoms with Crippen molar-refractivity contribution >= 4 is 22.5 Å². The van der Waals surface area contributed by atoms with Crippen LogP contribution in [0.1, 0.15) is 47.6 Å². The zero-order valence-electron chi connectivity index (χ0n) is 20.5. The molecule has 2 N–H and O–H groups in total. The minimum absolute atomic E-state index is 0.202. The molecule has 3 aliphatic rings. The van der Waals surface area contributed by atoms with Crippen molar-refractivity contribution in [2.45, 2.75) is 43.8 Å². The Bertz CT molecular complexity index is 1450. The first-order valence-corrected chi connectivity index (χ1v) is 13.2. The van der Waals surface area contributed by atoms with Gasteiger partial charge in [0, 0.05) is 27.8 Å². The topological polar surface area (TPSA) is 70.2 Å². The number of fused-ring (bicyclic) bond motifs is 3. The number of morpholine rings is 1. The number of carbonyl (C=O) groups excluding carboxylic acids is 1. The maximum atomic E-state index is 14.5. The molecule has 2 bridgehead atoms. The van der Waals surface area contributed by atoms with Crippen LogP contribution < -0.4 is 10.2 Å². The first kappa shape index (κ1) is 22.5. The molecule has 3 atom stereocenters. The third kappa shape index (κ3) is 4.07. The normalized spacial score (nSPS) is 21.8. The number of ether oxygens (including phenoxy) is 1. The van der Waals surface area contributed by atoms with Crippen molar-refractivity contribution in [3.63, 3.8) is 0 Å². The number of nitrogens with one attached hydrogen (secondary N) is 2. The molecule has 6 nitrogen and oxygen atoms in total. The smallest absolute Gasteiger partial charge is 0.251 e. The first-order chi connectivity index (χ1) is 18.2. The van der Waals surface area contributed by atoms with Crippen molar-refractivity contribution in [1.82, 2.24) is 15.5 Å². The summed E-state index contributed by atoms with van der Waals surface area (Å²) in [5, 5.41) is 11.7. The van der Waals surface area contributed by atoms with Crippen molar-refractivity contribution in [2.75, 3.05) is 18.1 Å². The Balaban J connectivity index is 1.15. The Morgan fingerprint density at radius 1 is 1.00 bits per heavy atom. The molecule has 3 aromatic carbocycles. The van der Waals surface area contributed by atoms with Gasteiger partial charge in [-0.25, -0.2) is 4.39 Å². The number of carbonyl (C=O) groups is 1. The molecule has 0 unspecified atom stereocenters. The summed E-state index contributed by atoms with van der Waals surface area (Å²) in [5.41, 5.74) is 4.99. The fraction of sp³-hybridized carbons (Fsp3) is 0.333. The minimum Gasteiger partial charge on any atom is -0.377 e. The van der Waals surface area contributed by atoms with Gasteiger partial charge in [-0.3, -0.25) is 9.89 Å². The van der Waals surface area contributed by atoms with E-state index in [2.05, 4.69) is 44.7 Å². The van der Waals surface area contributed by atoms with Crippen molar-refractivity contribution in [3.05, 3.63) is 83.7 Å². The second-order valence-electron chi connectivity index (χ2n) is 10.5. The third-order valence-corrected chi connectivity index (χ3v) is 8.12. The van der Waals surface area contributed by atoms with Crippen LogP contribution in [-0.4, -0.2) is 41.4 Å². The lowest BCUT2D eigenvalue weighted by atomic mass is 10.0. The van der Waals surface area contributed by atoms with Crippen LogP contribution in [0.3, 0.4) is 0 Å². The predicted octanol–water partition coefficient (Wildman–Crippen LogP) is 5.62. The molecule has 2 aliphatic heterocycles. The standard InChI is InChI=1S/C30H29FN4O2/c31-26-4-2-1-3-24(26)28(18-5-6-18)32-30(36)20-9-14-27-25(15-20)29(34-33-27)19-7-10-21(11-8-19)35-22-12-13-23(35)17-37-16-22/h1-4,7-11,14-15,18,22-23,28H,5-6,12-13,16-17H2,(H,32,36)(H,33,34)/t22-,23+,28-/m1/s1. The number of nitrogens with zero attached hydrogens (tertiary/aromatic N) is 2.